The van der Waals surface area contributed by atoms with Gasteiger partial charge in [0.25, 0.3) is 5.91 Å². The second kappa shape index (κ2) is 27.8. The summed E-state index contributed by atoms with van der Waals surface area (Å²) in [6.07, 6.45) is 4.88. The Morgan fingerprint density at radius 3 is 1.57 bits per heavy atom. The van der Waals surface area contributed by atoms with Gasteiger partial charge >= 0.3 is 23.9 Å². The van der Waals surface area contributed by atoms with Crippen LogP contribution in [-0.4, -0.2) is 144 Å². The molecule has 15 heteroatoms. The van der Waals surface area contributed by atoms with Crippen LogP contribution in [0, 0.1) is 0 Å². The van der Waals surface area contributed by atoms with Crippen molar-refractivity contribution in [3.63, 3.8) is 0 Å². The molecule has 0 aliphatic carbocycles. The van der Waals surface area contributed by atoms with Gasteiger partial charge in [-0.3, -0.25) is 38.7 Å². The molecule has 0 saturated carbocycles. The monoisotopic (exact) mass is 695 g/mol. The number of carboxylic acid groups (broad SMARTS) is 3. The molecule has 2 amide bonds. The van der Waals surface area contributed by atoms with Crippen molar-refractivity contribution in [2.24, 2.45) is 0 Å². The van der Waals surface area contributed by atoms with E-state index < -0.39 is 29.9 Å². The molecule has 0 radical (unpaired) electrons. The molecule has 0 aliphatic rings. The summed E-state index contributed by atoms with van der Waals surface area (Å²) < 4.78 is 4.75. The van der Waals surface area contributed by atoms with Crippen molar-refractivity contribution in [2.75, 3.05) is 72.6 Å². The number of ether oxygens (including phenoxy) is 1. The van der Waals surface area contributed by atoms with Crippen molar-refractivity contribution in [2.45, 2.75) is 71.8 Å². The van der Waals surface area contributed by atoms with Crippen LogP contribution in [-0.2, 0) is 28.7 Å². The minimum atomic E-state index is -0.958. The number of hydrogen-bond acceptors (Lipinski definition) is 10. The highest BCUT2D eigenvalue weighted by Gasteiger charge is 2.22. The molecule has 15 nitrogen and oxygen atoms in total. The van der Waals surface area contributed by atoms with Gasteiger partial charge in [-0.15, -0.1) is 0 Å². The van der Waals surface area contributed by atoms with Crippen LogP contribution in [0.4, 0.5) is 0 Å². The number of carbonyl (C=O) groups excluding carboxylic acids is 3. The molecule has 0 aliphatic heterocycles. The molecule has 1 aromatic rings. The fraction of sp³-hybridized carbons (Fsp3) is 0.647. The van der Waals surface area contributed by atoms with Crippen LogP contribution < -0.4 is 10.6 Å². The molecule has 0 aromatic heterocycles. The van der Waals surface area contributed by atoms with Gasteiger partial charge in [-0.25, -0.2) is 4.79 Å². The van der Waals surface area contributed by atoms with Gasteiger partial charge in [-0.2, -0.15) is 0 Å². The summed E-state index contributed by atoms with van der Waals surface area (Å²) in [6.45, 7) is 9.17. The Morgan fingerprint density at radius 1 is 0.694 bits per heavy atom. The average molecular weight is 696 g/mol. The van der Waals surface area contributed by atoms with E-state index in [0.29, 0.717) is 70.6 Å². The average Bonchev–Trinajstić information content (AvgIpc) is 3.05. The molecular formula is C34H57N5O10. The van der Waals surface area contributed by atoms with Crippen LogP contribution in [0.25, 0.3) is 0 Å². The maximum absolute atomic E-state index is 12.1. The molecule has 0 saturated heterocycles. The van der Waals surface area contributed by atoms with E-state index in [2.05, 4.69) is 10.6 Å². The first kappa shape index (κ1) is 44.9. The number of unbranched alkanes of at least 4 members (excludes halogenated alkanes) is 1. The second-order valence-electron chi connectivity index (χ2n) is 11.5. The van der Waals surface area contributed by atoms with Gasteiger partial charge in [0.2, 0.25) is 5.91 Å². The van der Waals surface area contributed by atoms with Crippen molar-refractivity contribution < 1.29 is 48.8 Å². The van der Waals surface area contributed by atoms with Gasteiger partial charge < -0.3 is 30.7 Å². The Bertz CT molecular complexity index is 1090. The number of aliphatic carboxylic acids is 3. The van der Waals surface area contributed by atoms with Gasteiger partial charge in [-0.1, -0.05) is 39.0 Å². The minimum absolute atomic E-state index is 0.0411. The van der Waals surface area contributed by atoms with E-state index in [-0.39, 0.29) is 31.4 Å². The third-order valence-electron chi connectivity index (χ3n) is 7.17. The van der Waals surface area contributed by atoms with Gasteiger partial charge in [0.15, 0.2) is 0 Å². The molecule has 49 heavy (non-hydrogen) atoms. The summed E-state index contributed by atoms with van der Waals surface area (Å²) in [7, 11) is 1.30. The number of carbonyl (C=O) groups is 6. The number of benzene rings is 1. The maximum atomic E-state index is 12.1. The van der Waals surface area contributed by atoms with Crippen LogP contribution in [0.1, 0.15) is 76.1 Å². The van der Waals surface area contributed by atoms with E-state index in [9.17, 15) is 28.8 Å². The van der Waals surface area contributed by atoms with E-state index in [1.54, 1.807) is 39.0 Å². The first-order valence-electron chi connectivity index (χ1n) is 16.9. The third-order valence-corrected chi connectivity index (χ3v) is 7.17. The number of hydrogen-bond donors (Lipinski definition) is 5. The summed E-state index contributed by atoms with van der Waals surface area (Å²) in [4.78, 5) is 73.4. The first-order valence-corrected chi connectivity index (χ1v) is 16.9. The molecule has 0 spiro atoms. The Balaban J connectivity index is 0.000000941. The van der Waals surface area contributed by atoms with Gasteiger partial charge in [0.1, 0.15) is 6.04 Å². The zero-order valence-corrected chi connectivity index (χ0v) is 29.5. The lowest BCUT2D eigenvalue weighted by Gasteiger charge is -2.28. The maximum Gasteiger partial charge on any atom is 0.328 e. The lowest BCUT2D eigenvalue weighted by atomic mass is 10.1. The van der Waals surface area contributed by atoms with E-state index in [4.69, 9.17) is 20.1 Å². The van der Waals surface area contributed by atoms with Gasteiger partial charge in [-0.05, 0) is 63.7 Å². The van der Waals surface area contributed by atoms with Crippen molar-refractivity contribution in [1.82, 2.24) is 25.3 Å². The van der Waals surface area contributed by atoms with E-state index in [0.717, 1.165) is 25.7 Å². The molecule has 1 atom stereocenters. The van der Waals surface area contributed by atoms with Crippen LogP contribution >= 0.6 is 0 Å². The van der Waals surface area contributed by atoms with Crippen LogP contribution in [0.2, 0.25) is 0 Å². The van der Waals surface area contributed by atoms with Crippen molar-refractivity contribution in [3.05, 3.63) is 35.9 Å². The standard InChI is InChI=1S/C18H26N2O4.C16H31N3O6/c1-3-9-16(21)19-13-8-7-12-15(18(23)24-2)20-17(22)14-10-5-4-6-11-14;1-3-5-17(11-14(20)21)7-9-19(13-16(24)25)10-8-18(6-4-2)12-15(22)23/h4-6,10-11,15H,3,7-9,12-13H2,1-2H3,(H,19,21)(H,20,22);3-13H2,1-2H3,(H,20,21)(H,22,23)(H,24,25). The largest absolute Gasteiger partial charge is 0.480 e. The topological polar surface area (TPSA) is 206 Å². The molecule has 0 fully saturated rings. The normalized spacial score (nSPS) is 11.4. The number of esters is 1. The quantitative estimate of drug-likeness (QED) is 0.0696. The number of nitrogens with zero attached hydrogens (tertiary/aromatic N) is 3. The van der Waals surface area contributed by atoms with Gasteiger partial charge in [0, 0.05) is 44.7 Å². The molecule has 0 bridgehead atoms. The Labute approximate surface area is 290 Å². The number of methoxy groups -OCH3 is 1. The van der Waals surface area contributed by atoms with Crippen molar-refractivity contribution in [3.8, 4) is 0 Å². The zero-order chi connectivity index (χ0) is 37.0. The SMILES string of the molecule is CCCC(=O)NCCCCC(NC(=O)c1ccccc1)C(=O)OC.CCCN(CCN(CCN(CCC)CC(=O)O)CC(=O)O)CC(=O)O. The van der Waals surface area contributed by atoms with E-state index in [1.165, 1.54) is 7.11 Å². The van der Waals surface area contributed by atoms with Crippen molar-refractivity contribution >= 4 is 35.7 Å². The minimum Gasteiger partial charge on any atom is -0.480 e. The van der Waals surface area contributed by atoms with E-state index in [1.807, 2.05) is 26.8 Å². The number of nitrogens with one attached hydrogen (secondary N) is 2. The summed E-state index contributed by atoms with van der Waals surface area (Å²) in [5.74, 6) is -3.50. The lowest BCUT2D eigenvalue weighted by Crippen LogP contribution is -2.44. The summed E-state index contributed by atoms with van der Waals surface area (Å²) >= 11 is 0. The van der Waals surface area contributed by atoms with E-state index >= 15 is 0 Å². The molecular weight excluding hydrogens is 638 g/mol. The highest BCUT2D eigenvalue weighted by molar-refractivity contribution is 5.96. The van der Waals surface area contributed by atoms with Crippen LogP contribution in [0.15, 0.2) is 30.3 Å². The zero-order valence-electron chi connectivity index (χ0n) is 29.5. The molecule has 5 N–H and O–H groups in total. The Morgan fingerprint density at radius 2 is 1.16 bits per heavy atom. The first-order chi connectivity index (χ1) is 23.4. The number of rotatable bonds is 26. The number of amides is 2. The van der Waals surface area contributed by atoms with Crippen LogP contribution in [0.5, 0.6) is 0 Å². The fourth-order valence-corrected chi connectivity index (χ4v) is 4.82. The fourth-order valence-electron chi connectivity index (χ4n) is 4.82. The molecule has 1 rings (SSSR count). The third kappa shape index (κ3) is 23.8. The Hall–Kier alpha value is -4.08. The summed E-state index contributed by atoms with van der Waals surface area (Å²) in [6, 6.07) is 8.04. The summed E-state index contributed by atoms with van der Waals surface area (Å²) in [5.41, 5.74) is 0.498. The highest BCUT2D eigenvalue weighted by Crippen LogP contribution is 2.06. The van der Waals surface area contributed by atoms with Gasteiger partial charge in [0.05, 0.1) is 26.7 Å². The molecule has 1 unspecified atom stereocenters. The molecule has 1 aromatic carbocycles. The Kier molecular flexibility index (Phi) is 25.5. The lowest BCUT2D eigenvalue weighted by molar-refractivity contribution is -0.143. The predicted molar refractivity (Wildman–Crippen MR) is 184 cm³/mol. The molecule has 0 heterocycles. The predicted octanol–water partition coefficient (Wildman–Crippen LogP) is 2.01. The highest BCUT2D eigenvalue weighted by atomic mass is 16.5. The smallest absolute Gasteiger partial charge is 0.328 e. The second-order valence-corrected chi connectivity index (χ2v) is 11.5. The van der Waals surface area contributed by atoms with Crippen molar-refractivity contribution in [1.29, 1.82) is 0 Å². The molecule has 278 valence electrons. The van der Waals surface area contributed by atoms with Crippen LogP contribution in [0.3, 0.4) is 0 Å². The number of carboxylic acids is 3. The summed E-state index contributed by atoms with van der Waals surface area (Å²) in [5, 5.41) is 32.4.